The van der Waals surface area contributed by atoms with E-state index < -0.39 is 0 Å². The number of hydrogen-bond acceptors (Lipinski definition) is 5. The van der Waals surface area contributed by atoms with Crippen LogP contribution in [0.25, 0.3) is 11.4 Å². The highest BCUT2D eigenvalue weighted by Gasteiger charge is 2.12. The highest BCUT2D eigenvalue weighted by Crippen LogP contribution is 2.19. The zero-order valence-corrected chi connectivity index (χ0v) is 15.8. The number of nitrogens with zero attached hydrogens (tertiary/aromatic N) is 2. The van der Waals surface area contributed by atoms with Gasteiger partial charge in [-0.3, -0.25) is 4.79 Å². The summed E-state index contributed by atoms with van der Waals surface area (Å²) in [6.07, 6.45) is 0. The lowest BCUT2D eigenvalue weighted by atomic mass is 10.1. The summed E-state index contributed by atoms with van der Waals surface area (Å²) in [5.74, 6) is 1.83. The molecule has 3 rings (SSSR count). The van der Waals surface area contributed by atoms with Gasteiger partial charge in [-0.2, -0.15) is 4.98 Å². The standard InChI is InChI=1S/C19H18ClN3O2S/c1-13(14-7-9-16(20)10-8-14)21-17(24)11-26-12-18-22-19(23-25-18)15-5-3-2-4-6-15/h2-10,13H,11-12H2,1H3,(H,21,24). The minimum absolute atomic E-state index is 0.0414. The van der Waals surface area contributed by atoms with Gasteiger partial charge in [-0.25, -0.2) is 0 Å². The summed E-state index contributed by atoms with van der Waals surface area (Å²) < 4.78 is 5.24. The minimum Gasteiger partial charge on any atom is -0.349 e. The van der Waals surface area contributed by atoms with E-state index in [0.29, 0.717) is 28.2 Å². The van der Waals surface area contributed by atoms with Crippen molar-refractivity contribution < 1.29 is 9.32 Å². The number of nitrogens with one attached hydrogen (secondary N) is 1. The SMILES string of the molecule is CC(NC(=O)CSCc1nc(-c2ccccc2)no1)c1ccc(Cl)cc1. The Morgan fingerprint density at radius 3 is 2.65 bits per heavy atom. The van der Waals surface area contributed by atoms with Crippen LogP contribution in [0.5, 0.6) is 0 Å². The van der Waals surface area contributed by atoms with Crippen LogP contribution in [-0.4, -0.2) is 21.8 Å². The number of carbonyl (C=O) groups excluding carboxylic acids is 1. The maximum atomic E-state index is 12.1. The monoisotopic (exact) mass is 387 g/mol. The minimum atomic E-state index is -0.0755. The Balaban J connectivity index is 1.45. The third kappa shape index (κ3) is 5.09. The summed E-state index contributed by atoms with van der Waals surface area (Å²) in [6.45, 7) is 1.94. The van der Waals surface area contributed by atoms with Gasteiger partial charge in [0.05, 0.1) is 17.5 Å². The largest absolute Gasteiger partial charge is 0.349 e. The lowest BCUT2D eigenvalue weighted by Crippen LogP contribution is -2.28. The zero-order chi connectivity index (χ0) is 18.4. The first-order valence-electron chi connectivity index (χ1n) is 8.12. The molecule has 1 amide bonds. The van der Waals surface area contributed by atoms with E-state index in [0.717, 1.165) is 11.1 Å². The van der Waals surface area contributed by atoms with E-state index in [2.05, 4.69) is 15.5 Å². The first-order chi connectivity index (χ1) is 12.6. The molecule has 3 aromatic rings. The zero-order valence-electron chi connectivity index (χ0n) is 14.2. The first-order valence-corrected chi connectivity index (χ1v) is 9.65. The summed E-state index contributed by atoms with van der Waals surface area (Å²) in [5, 5.41) is 7.61. The summed E-state index contributed by atoms with van der Waals surface area (Å²) in [5.41, 5.74) is 1.92. The Hall–Kier alpha value is -2.31. The molecule has 26 heavy (non-hydrogen) atoms. The van der Waals surface area contributed by atoms with Crippen LogP contribution in [0.15, 0.2) is 59.1 Å². The molecule has 1 heterocycles. The van der Waals surface area contributed by atoms with Crippen molar-refractivity contribution in [1.29, 1.82) is 0 Å². The van der Waals surface area contributed by atoms with E-state index in [9.17, 15) is 4.79 Å². The number of rotatable bonds is 7. The van der Waals surface area contributed by atoms with E-state index in [-0.39, 0.29) is 11.9 Å². The molecule has 1 aromatic heterocycles. The number of halogens is 1. The maximum Gasteiger partial charge on any atom is 0.236 e. The third-order valence-corrected chi connectivity index (χ3v) is 4.88. The molecule has 0 aliphatic carbocycles. The van der Waals surface area contributed by atoms with Crippen LogP contribution in [0.1, 0.15) is 24.4 Å². The predicted octanol–water partition coefficient (Wildman–Crippen LogP) is 4.50. The molecule has 0 aliphatic heterocycles. The van der Waals surface area contributed by atoms with Gasteiger partial charge in [-0.15, -0.1) is 11.8 Å². The van der Waals surface area contributed by atoms with Crippen molar-refractivity contribution in [3.63, 3.8) is 0 Å². The third-order valence-electron chi connectivity index (χ3n) is 3.71. The van der Waals surface area contributed by atoms with Gasteiger partial charge in [0.2, 0.25) is 17.6 Å². The molecule has 5 nitrogen and oxygen atoms in total. The molecule has 0 aliphatic rings. The van der Waals surface area contributed by atoms with Gasteiger partial charge < -0.3 is 9.84 Å². The number of amides is 1. The van der Waals surface area contributed by atoms with E-state index in [1.165, 1.54) is 11.8 Å². The van der Waals surface area contributed by atoms with Crippen LogP contribution in [0.3, 0.4) is 0 Å². The van der Waals surface area contributed by atoms with Crippen molar-refractivity contribution in [2.75, 3.05) is 5.75 Å². The molecule has 0 radical (unpaired) electrons. The predicted molar refractivity (Wildman–Crippen MR) is 104 cm³/mol. The molecular formula is C19H18ClN3O2S. The number of carbonyl (C=O) groups is 1. The number of hydrogen-bond donors (Lipinski definition) is 1. The van der Waals surface area contributed by atoms with Crippen LogP contribution in [0, 0.1) is 0 Å². The van der Waals surface area contributed by atoms with Crippen LogP contribution in [0.4, 0.5) is 0 Å². The summed E-state index contributed by atoms with van der Waals surface area (Å²) in [4.78, 5) is 16.4. The fraction of sp³-hybridized carbons (Fsp3) is 0.211. The molecule has 0 spiro atoms. The van der Waals surface area contributed by atoms with E-state index in [1.807, 2.05) is 61.5 Å². The molecule has 134 valence electrons. The number of benzene rings is 2. The van der Waals surface area contributed by atoms with Gasteiger partial charge in [-0.1, -0.05) is 59.2 Å². The maximum absolute atomic E-state index is 12.1. The molecule has 0 saturated heterocycles. The summed E-state index contributed by atoms with van der Waals surface area (Å²) in [7, 11) is 0. The molecule has 7 heteroatoms. The Kier molecular flexibility index (Phi) is 6.30. The Bertz CT molecular complexity index is 853. The lowest BCUT2D eigenvalue weighted by Gasteiger charge is -2.14. The molecule has 1 unspecified atom stereocenters. The van der Waals surface area contributed by atoms with E-state index in [4.69, 9.17) is 16.1 Å². The van der Waals surface area contributed by atoms with Crippen LogP contribution in [0.2, 0.25) is 5.02 Å². The fourth-order valence-corrected chi connectivity index (χ4v) is 3.16. The van der Waals surface area contributed by atoms with Crippen molar-refractivity contribution in [1.82, 2.24) is 15.5 Å². The van der Waals surface area contributed by atoms with Gasteiger partial charge in [0.15, 0.2) is 0 Å². The van der Waals surface area contributed by atoms with Gasteiger partial charge in [0.25, 0.3) is 0 Å². The quantitative estimate of drug-likeness (QED) is 0.646. The van der Waals surface area contributed by atoms with E-state index >= 15 is 0 Å². The van der Waals surface area contributed by atoms with Crippen LogP contribution < -0.4 is 5.32 Å². The van der Waals surface area contributed by atoms with Crippen molar-refractivity contribution in [2.24, 2.45) is 0 Å². The van der Waals surface area contributed by atoms with Crippen molar-refractivity contribution in [3.05, 3.63) is 71.1 Å². The lowest BCUT2D eigenvalue weighted by molar-refractivity contribution is -0.119. The molecule has 0 bridgehead atoms. The number of thioether (sulfide) groups is 1. The second-order valence-electron chi connectivity index (χ2n) is 5.71. The molecule has 0 saturated carbocycles. The van der Waals surface area contributed by atoms with Gasteiger partial charge in [0, 0.05) is 10.6 Å². The van der Waals surface area contributed by atoms with Crippen molar-refractivity contribution in [2.45, 2.75) is 18.7 Å². The highest BCUT2D eigenvalue weighted by atomic mass is 35.5. The first kappa shape index (κ1) is 18.5. The Labute approximate surface area is 161 Å². The van der Waals surface area contributed by atoms with Gasteiger partial charge in [-0.05, 0) is 24.6 Å². The van der Waals surface area contributed by atoms with Crippen molar-refractivity contribution >= 4 is 29.3 Å². The topological polar surface area (TPSA) is 68.0 Å². The average Bonchev–Trinajstić information content (AvgIpc) is 3.12. The number of aromatic nitrogens is 2. The van der Waals surface area contributed by atoms with Crippen LogP contribution >= 0.6 is 23.4 Å². The van der Waals surface area contributed by atoms with Crippen molar-refractivity contribution in [3.8, 4) is 11.4 Å². The highest BCUT2D eigenvalue weighted by molar-refractivity contribution is 7.99. The average molecular weight is 388 g/mol. The Morgan fingerprint density at radius 2 is 1.92 bits per heavy atom. The smallest absolute Gasteiger partial charge is 0.236 e. The summed E-state index contributed by atoms with van der Waals surface area (Å²) >= 11 is 7.31. The summed E-state index contributed by atoms with van der Waals surface area (Å²) in [6, 6.07) is 17.0. The normalized spacial score (nSPS) is 11.9. The molecular weight excluding hydrogens is 370 g/mol. The Morgan fingerprint density at radius 1 is 1.19 bits per heavy atom. The fourth-order valence-electron chi connectivity index (χ4n) is 2.37. The molecule has 2 aromatic carbocycles. The molecule has 0 fully saturated rings. The molecule has 1 N–H and O–H groups in total. The van der Waals surface area contributed by atoms with Gasteiger partial charge in [0.1, 0.15) is 0 Å². The van der Waals surface area contributed by atoms with E-state index in [1.54, 1.807) is 0 Å². The van der Waals surface area contributed by atoms with Crippen LogP contribution in [-0.2, 0) is 10.5 Å². The van der Waals surface area contributed by atoms with Gasteiger partial charge >= 0.3 is 0 Å². The molecule has 1 atom stereocenters. The second kappa shape index (κ2) is 8.87. The second-order valence-corrected chi connectivity index (χ2v) is 7.13.